The van der Waals surface area contributed by atoms with Crippen molar-refractivity contribution >= 4 is 23.5 Å². The topological polar surface area (TPSA) is 64.6 Å². The summed E-state index contributed by atoms with van der Waals surface area (Å²) in [6.45, 7) is 1.46. The van der Waals surface area contributed by atoms with Crippen LogP contribution in [-0.4, -0.2) is 25.6 Å². The van der Waals surface area contributed by atoms with Crippen LogP contribution in [0.4, 0.5) is 0 Å². The van der Waals surface area contributed by atoms with E-state index >= 15 is 0 Å². The minimum atomic E-state index is -0.634. The number of hydrogen-bond acceptors (Lipinski definition) is 4. The first-order valence-electron chi connectivity index (χ1n) is 7.36. The number of carbonyl (C=O) groups is 2. The largest absolute Gasteiger partial charge is 0.497 e. The van der Waals surface area contributed by atoms with E-state index in [0.29, 0.717) is 5.75 Å². The van der Waals surface area contributed by atoms with Gasteiger partial charge in [0, 0.05) is 0 Å². The molecule has 0 aliphatic carbocycles. The summed E-state index contributed by atoms with van der Waals surface area (Å²) in [7, 11) is 1.58. The number of nitrogens with one attached hydrogen (secondary N) is 1. The average Bonchev–Trinajstić information content (AvgIpc) is 2.60. The van der Waals surface area contributed by atoms with Gasteiger partial charge in [0.25, 0.3) is 5.91 Å². The summed E-state index contributed by atoms with van der Waals surface area (Å²) in [5.74, 6) is -0.325. The van der Waals surface area contributed by atoms with Gasteiger partial charge < -0.3 is 14.8 Å². The minimum Gasteiger partial charge on any atom is -0.497 e. The number of amides is 1. The molecule has 0 fully saturated rings. The molecule has 0 unspecified atom stereocenters. The Morgan fingerprint density at radius 3 is 2.62 bits per heavy atom. The Balaban J connectivity index is 1.89. The van der Waals surface area contributed by atoms with Gasteiger partial charge in [-0.05, 0) is 36.8 Å². The van der Waals surface area contributed by atoms with E-state index in [2.05, 4.69) is 5.32 Å². The van der Waals surface area contributed by atoms with Gasteiger partial charge in [-0.25, -0.2) is 4.79 Å². The zero-order valence-electron chi connectivity index (χ0n) is 13.4. The van der Waals surface area contributed by atoms with E-state index in [1.54, 1.807) is 31.4 Å². The maximum Gasteiger partial charge on any atom is 0.340 e. The molecule has 0 radical (unpaired) electrons. The molecule has 2 aromatic carbocycles. The molecule has 2 rings (SSSR count). The number of esters is 1. The Morgan fingerprint density at radius 2 is 1.92 bits per heavy atom. The molecule has 0 saturated heterocycles. The fourth-order valence-corrected chi connectivity index (χ4v) is 2.33. The molecule has 1 amide bonds. The predicted molar refractivity (Wildman–Crippen MR) is 91.3 cm³/mol. The second-order valence-electron chi connectivity index (χ2n) is 5.12. The third kappa shape index (κ3) is 4.73. The highest BCUT2D eigenvalue weighted by Gasteiger charge is 2.15. The third-order valence-electron chi connectivity index (χ3n) is 3.40. The van der Waals surface area contributed by atoms with Crippen molar-refractivity contribution in [3.05, 3.63) is 64.7 Å². The number of methoxy groups -OCH3 is 1. The van der Waals surface area contributed by atoms with Crippen LogP contribution in [0.1, 0.15) is 28.9 Å². The Morgan fingerprint density at radius 1 is 1.17 bits per heavy atom. The van der Waals surface area contributed by atoms with E-state index in [-0.39, 0.29) is 23.2 Å². The molecule has 126 valence electrons. The molecule has 1 N–H and O–H groups in total. The summed E-state index contributed by atoms with van der Waals surface area (Å²) in [6, 6.07) is 13.6. The van der Waals surface area contributed by atoms with E-state index in [1.165, 1.54) is 0 Å². The maximum absolute atomic E-state index is 11.9. The molecule has 0 saturated carbocycles. The Bertz CT molecular complexity index is 732. The van der Waals surface area contributed by atoms with Crippen LogP contribution >= 0.6 is 11.6 Å². The molecule has 0 heterocycles. The second kappa shape index (κ2) is 8.36. The fourth-order valence-electron chi connectivity index (χ4n) is 2.11. The van der Waals surface area contributed by atoms with Crippen LogP contribution in [-0.2, 0) is 9.53 Å². The normalized spacial score (nSPS) is 11.5. The molecule has 2 aromatic rings. The summed E-state index contributed by atoms with van der Waals surface area (Å²) in [5.41, 5.74) is 1.12. The molecular weight excluding hydrogens is 330 g/mol. The Labute approximate surface area is 145 Å². The SMILES string of the molecule is COc1cccc([C@@H](C)NC(=O)COC(=O)c2ccccc2Cl)c1. The van der Waals surface area contributed by atoms with Crippen molar-refractivity contribution in [1.29, 1.82) is 0 Å². The smallest absolute Gasteiger partial charge is 0.340 e. The number of benzene rings is 2. The minimum absolute atomic E-state index is 0.229. The monoisotopic (exact) mass is 347 g/mol. The summed E-state index contributed by atoms with van der Waals surface area (Å²) < 4.78 is 10.1. The molecule has 0 bridgehead atoms. The van der Waals surface area contributed by atoms with E-state index in [0.717, 1.165) is 5.56 Å². The van der Waals surface area contributed by atoms with Crippen LogP contribution in [0.5, 0.6) is 5.75 Å². The van der Waals surface area contributed by atoms with Gasteiger partial charge >= 0.3 is 5.97 Å². The highest BCUT2D eigenvalue weighted by molar-refractivity contribution is 6.33. The van der Waals surface area contributed by atoms with Crippen molar-refractivity contribution in [3.8, 4) is 5.75 Å². The number of halogens is 1. The van der Waals surface area contributed by atoms with Crippen LogP contribution < -0.4 is 10.1 Å². The Hall–Kier alpha value is -2.53. The van der Waals surface area contributed by atoms with Gasteiger partial charge in [0.05, 0.1) is 23.7 Å². The highest BCUT2D eigenvalue weighted by atomic mass is 35.5. The van der Waals surface area contributed by atoms with Crippen molar-refractivity contribution in [2.24, 2.45) is 0 Å². The molecule has 0 aliphatic rings. The second-order valence-corrected chi connectivity index (χ2v) is 5.53. The molecule has 5 nitrogen and oxygen atoms in total. The lowest BCUT2D eigenvalue weighted by atomic mass is 10.1. The van der Waals surface area contributed by atoms with Crippen molar-refractivity contribution in [2.45, 2.75) is 13.0 Å². The maximum atomic E-state index is 11.9. The molecule has 0 spiro atoms. The number of rotatable bonds is 6. The van der Waals surface area contributed by atoms with Crippen molar-refractivity contribution in [3.63, 3.8) is 0 Å². The predicted octanol–water partition coefficient (Wildman–Crippen LogP) is 3.38. The van der Waals surface area contributed by atoms with Crippen molar-refractivity contribution < 1.29 is 19.1 Å². The molecular formula is C18H18ClNO4. The van der Waals surface area contributed by atoms with Gasteiger partial charge in [-0.3, -0.25) is 4.79 Å². The number of hydrogen-bond donors (Lipinski definition) is 1. The Kier molecular flexibility index (Phi) is 6.21. The molecule has 0 aliphatic heterocycles. The first-order valence-corrected chi connectivity index (χ1v) is 7.74. The fraction of sp³-hybridized carbons (Fsp3) is 0.222. The summed E-state index contributed by atoms with van der Waals surface area (Å²) in [5, 5.41) is 3.05. The van der Waals surface area contributed by atoms with Crippen LogP contribution in [0.3, 0.4) is 0 Å². The zero-order valence-corrected chi connectivity index (χ0v) is 14.2. The lowest BCUT2D eigenvalue weighted by molar-refractivity contribution is -0.124. The van der Waals surface area contributed by atoms with Gasteiger partial charge in [-0.2, -0.15) is 0 Å². The average molecular weight is 348 g/mol. The molecule has 1 atom stereocenters. The van der Waals surface area contributed by atoms with Crippen molar-refractivity contribution in [1.82, 2.24) is 5.32 Å². The van der Waals surface area contributed by atoms with Crippen LogP contribution in [0.25, 0.3) is 0 Å². The van der Waals surface area contributed by atoms with Gasteiger partial charge in [0.15, 0.2) is 6.61 Å². The lowest BCUT2D eigenvalue weighted by Crippen LogP contribution is -2.31. The summed E-state index contributed by atoms with van der Waals surface area (Å²) in [4.78, 5) is 23.9. The van der Waals surface area contributed by atoms with Gasteiger partial charge in [0.1, 0.15) is 5.75 Å². The van der Waals surface area contributed by atoms with E-state index in [1.807, 2.05) is 31.2 Å². The van der Waals surface area contributed by atoms with E-state index in [4.69, 9.17) is 21.1 Å². The number of carbonyl (C=O) groups excluding carboxylic acids is 2. The molecule has 0 aromatic heterocycles. The molecule has 24 heavy (non-hydrogen) atoms. The highest BCUT2D eigenvalue weighted by Crippen LogP contribution is 2.19. The molecule has 6 heteroatoms. The van der Waals surface area contributed by atoms with Crippen LogP contribution in [0, 0.1) is 0 Å². The van der Waals surface area contributed by atoms with Gasteiger partial charge in [-0.1, -0.05) is 35.9 Å². The van der Waals surface area contributed by atoms with Crippen LogP contribution in [0.15, 0.2) is 48.5 Å². The first-order chi connectivity index (χ1) is 11.5. The zero-order chi connectivity index (χ0) is 17.5. The van der Waals surface area contributed by atoms with E-state index in [9.17, 15) is 9.59 Å². The van der Waals surface area contributed by atoms with Gasteiger partial charge in [-0.15, -0.1) is 0 Å². The number of ether oxygens (including phenoxy) is 2. The summed E-state index contributed by atoms with van der Waals surface area (Å²) >= 11 is 5.91. The van der Waals surface area contributed by atoms with E-state index < -0.39 is 11.9 Å². The van der Waals surface area contributed by atoms with Gasteiger partial charge in [0.2, 0.25) is 0 Å². The lowest BCUT2D eigenvalue weighted by Gasteiger charge is -2.15. The third-order valence-corrected chi connectivity index (χ3v) is 3.73. The van der Waals surface area contributed by atoms with Crippen molar-refractivity contribution in [2.75, 3.05) is 13.7 Å². The first kappa shape index (κ1) is 17.8. The summed E-state index contributed by atoms with van der Waals surface area (Å²) in [6.07, 6.45) is 0. The standard InChI is InChI=1S/C18H18ClNO4/c1-12(13-6-5-7-14(10-13)23-2)20-17(21)11-24-18(22)15-8-3-4-9-16(15)19/h3-10,12H,11H2,1-2H3,(H,20,21)/t12-/m1/s1. The quantitative estimate of drug-likeness (QED) is 0.813. The van der Waals surface area contributed by atoms with Crippen LogP contribution in [0.2, 0.25) is 5.02 Å².